The summed E-state index contributed by atoms with van der Waals surface area (Å²) in [6, 6.07) is 7.92. The summed E-state index contributed by atoms with van der Waals surface area (Å²) >= 11 is 0. The first-order chi connectivity index (χ1) is 12.6. The number of amides is 1. The number of ether oxygens (including phenoxy) is 1. The van der Waals surface area contributed by atoms with Gasteiger partial charge < -0.3 is 14.5 Å². The van der Waals surface area contributed by atoms with Gasteiger partial charge in [0, 0.05) is 43.1 Å². The van der Waals surface area contributed by atoms with Gasteiger partial charge in [0.15, 0.2) is 0 Å². The van der Waals surface area contributed by atoms with Gasteiger partial charge in [0.2, 0.25) is 5.91 Å². The van der Waals surface area contributed by atoms with Crippen LogP contribution in [0.4, 0.5) is 11.4 Å². The maximum atomic E-state index is 12.7. The quantitative estimate of drug-likeness (QED) is 0.723. The van der Waals surface area contributed by atoms with E-state index in [0.717, 1.165) is 40.3 Å². The van der Waals surface area contributed by atoms with Crippen molar-refractivity contribution < 1.29 is 9.53 Å². The standard InChI is InChI=1S/C19H21N5O2/c1-13-9-16(15-5-4-6-17(26-3)19(15)21-13)23-7-8-24(18(25)12-23)14-10-20-22(2)11-14/h4-6,9-11H,7-8,12H2,1-3H3. The summed E-state index contributed by atoms with van der Waals surface area (Å²) in [5.74, 6) is 0.808. The molecule has 1 aliphatic rings. The van der Waals surface area contributed by atoms with Crippen LogP contribution in [-0.2, 0) is 11.8 Å². The molecule has 0 saturated carbocycles. The molecule has 7 heteroatoms. The number of carbonyl (C=O) groups excluding carboxylic acids is 1. The maximum absolute atomic E-state index is 12.7. The third kappa shape index (κ3) is 2.75. The summed E-state index contributed by atoms with van der Waals surface area (Å²) in [6.45, 7) is 3.65. The number of hydrogen-bond acceptors (Lipinski definition) is 5. The number of hydrogen-bond donors (Lipinski definition) is 0. The zero-order valence-corrected chi connectivity index (χ0v) is 15.1. The number of methoxy groups -OCH3 is 1. The van der Waals surface area contributed by atoms with Crippen LogP contribution in [0.5, 0.6) is 5.75 Å². The van der Waals surface area contributed by atoms with Crippen LogP contribution in [-0.4, -0.2) is 47.4 Å². The van der Waals surface area contributed by atoms with Gasteiger partial charge in [0.1, 0.15) is 11.3 Å². The molecule has 0 N–H and O–H groups in total. The highest BCUT2D eigenvalue weighted by Gasteiger charge is 2.27. The van der Waals surface area contributed by atoms with Gasteiger partial charge in [-0.1, -0.05) is 12.1 Å². The number of fused-ring (bicyclic) bond motifs is 1. The van der Waals surface area contributed by atoms with E-state index in [2.05, 4.69) is 15.0 Å². The Hall–Kier alpha value is -3.09. The zero-order chi connectivity index (χ0) is 18.3. The van der Waals surface area contributed by atoms with E-state index < -0.39 is 0 Å². The topological polar surface area (TPSA) is 63.5 Å². The largest absolute Gasteiger partial charge is 0.494 e. The second-order valence-corrected chi connectivity index (χ2v) is 6.48. The van der Waals surface area contributed by atoms with Crippen LogP contribution in [0.2, 0.25) is 0 Å². The summed E-state index contributed by atoms with van der Waals surface area (Å²) in [7, 11) is 3.50. The zero-order valence-electron chi connectivity index (χ0n) is 15.1. The SMILES string of the molecule is COc1cccc2c(N3CCN(c4cnn(C)c4)C(=O)C3)cc(C)nc12. The van der Waals surface area contributed by atoms with Crippen LogP contribution < -0.4 is 14.5 Å². The average Bonchev–Trinajstić information content (AvgIpc) is 3.06. The molecule has 0 spiro atoms. The lowest BCUT2D eigenvalue weighted by atomic mass is 10.1. The van der Waals surface area contributed by atoms with E-state index in [0.29, 0.717) is 13.1 Å². The minimum Gasteiger partial charge on any atom is -0.494 e. The maximum Gasteiger partial charge on any atom is 0.246 e. The predicted octanol–water partition coefficient (Wildman–Crippen LogP) is 2.14. The first kappa shape index (κ1) is 16.4. The number of aryl methyl sites for hydroxylation is 2. The normalized spacial score (nSPS) is 15.0. The van der Waals surface area contributed by atoms with Crippen molar-refractivity contribution in [2.24, 2.45) is 7.05 Å². The molecule has 7 nitrogen and oxygen atoms in total. The van der Waals surface area contributed by atoms with Crippen LogP contribution in [0.15, 0.2) is 36.7 Å². The molecule has 2 aromatic heterocycles. The lowest BCUT2D eigenvalue weighted by Crippen LogP contribution is -2.50. The number of anilines is 2. The molecule has 1 aliphatic heterocycles. The summed E-state index contributed by atoms with van der Waals surface area (Å²) in [5, 5.41) is 5.16. The molecule has 0 radical (unpaired) electrons. The summed E-state index contributed by atoms with van der Waals surface area (Å²) in [6.07, 6.45) is 3.59. The molecule has 0 aliphatic carbocycles. The van der Waals surface area contributed by atoms with Gasteiger partial charge >= 0.3 is 0 Å². The lowest BCUT2D eigenvalue weighted by Gasteiger charge is -2.35. The Bertz CT molecular complexity index is 981. The fourth-order valence-corrected chi connectivity index (χ4v) is 3.45. The van der Waals surface area contributed by atoms with Crippen molar-refractivity contribution >= 4 is 28.2 Å². The number of carbonyl (C=O) groups is 1. The molecule has 1 aromatic carbocycles. The smallest absolute Gasteiger partial charge is 0.246 e. The minimum absolute atomic E-state index is 0.0646. The Morgan fingerprint density at radius 3 is 2.77 bits per heavy atom. The average molecular weight is 351 g/mol. The molecule has 1 fully saturated rings. The number of para-hydroxylation sites is 1. The minimum atomic E-state index is 0.0646. The Labute approximate surface area is 151 Å². The van der Waals surface area contributed by atoms with E-state index in [4.69, 9.17) is 4.74 Å². The monoisotopic (exact) mass is 351 g/mol. The van der Waals surface area contributed by atoms with Gasteiger partial charge in [0.25, 0.3) is 0 Å². The third-order valence-corrected chi connectivity index (χ3v) is 4.69. The van der Waals surface area contributed by atoms with Gasteiger partial charge in [0.05, 0.1) is 25.5 Å². The molecule has 1 amide bonds. The van der Waals surface area contributed by atoms with Crippen LogP contribution in [0.3, 0.4) is 0 Å². The van der Waals surface area contributed by atoms with Crippen molar-refractivity contribution in [3.05, 3.63) is 42.4 Å². The Morgan fingerprint density at radius 2 is 2.08 bits per heavy atom. The number of rotatable bonds is 3. The van der Waals surface area contributed by atoms with Gasteiger partial charge in [-0.25, -0.2) is 4.98 Å². The Morgan fingerprint density at radius 1 is 1.23 bits per heavy atom. The lowest BCUT2D eigenvalue weighted by molar-refractivity contribution is -0.117. The molecule has 0 atom stereocenters. The summed E-state index contributed by atoms with van der Waals surface area (Å²) < 4.78 is 7.17. The Kier molecular flexibility index (Phi) is 3.99. The van der Waals surface area contributed by atoms with E-state index in [9.17, 15) is 4.79 Å². The fourth-order valence-electron chi connectivity index (χ4n) is 3.45. The number of pyridine rings is 1. The molecule has 26 heavy (non-hydrogen) atoms. The molecule has 0 bridgehead atoms. The molecular weight excluding hydrogens is 330 g/mol. The summed E-state index contributed by atoms with van der Waals surface area (Å²) in [4.78, 5) is 21.3. The van der Waals surface area contributed by atoms with Crippen molar-refractivity contribution in [3.8, 4) is 5.75 Å². The van der Waals surface area contributed by atoms with Crippen molar-refractivity contribution in [2.45, 2.75) is 6.92 Å². The summed E-state index contributed by atoms with van der Waals surface area (Å²) in [5.41, 5.74) is 3.59. The van der Waals surface area contributed by atoms with Gasteiger partial charge in [-0.3, -0.25) is 9.48 Å². The number of aromatic nitrogens is 3. The molecule has 0 unspecified atom stereocenters. The van der Waals surface area contributed by atoms with Crippen LogP contribution in [0, 0.1) is 6.92 Å². The first-order valence-electron chi connectivity index (χ1n) is 8.55. The van der Waals surface area contributed by atoms with Gasteiger partial charge in [-0.2, -0.15) is 5.10 Å². The number of benzene rings is 1. The highest BCUT2D eigenvalue weighted by atomic mass is 16.5. The van der Waals surface area contributed by atoms with Crippen molar-refractivity contribution in [1.82, 2.24) is 14.8 Å². The highest BCUT2D eigenvalue weighted by molar-refractivity contribution is 6.01. The third-order valence-electron chi connectivity index (χ3n) is 4.69. The van der Waals surface area contributed by atoms with Crippen LogP contribution >= 0.6 is 0 Å². The van der Waals surface area contributed by atoms with Crippen LogP contribution in [0.1, 0.15) is 5.69 Å². The van der Waals surface area contributed by atoms with Crippen molar-refractivity contribution in [2.75, 3.05) is 36.5 Å². The van der Waals surface area contributed by atoms with E-state index in [1.54, 1.807) is 22.9 Å². The molecule has 4 rings (SSSR count). The molecule has 1 saturated heterocycles. The molecule has 134 valence electrons. The fraction of sp³-hybridized carbons (Fsp3) is 0.316. The highest BCUT2D eigenvalue weighted by Crippen LogP contribution is 2.33. The first-order valence-corrected chi connectivity index (χ1v) is 8.55. The molecule has 3 aromatic rings. The number of nitrogens with zero attached hydrogens (tertiary/aromatic N) is 5. The molecule has 3 heterocycles. The van der Waals surface area contributed by atoms with E-state index in [1.807, 2.05) is 44.4 Å². The van der Waals surface area contributed by atoms with Gasteiger partial charge in [-0.15, -0.1) is 0 Å². The van der Waals surface area contributed by atoms with E-state index in [1.165, 1.54) is 0 Å². The van der Waals surface area contributed by atoms with Crippen molar-refractivity contribution in [3.63, 3.8) is 0 Å². The van der Waals surface area contributed by atoms with E-state index >= 15 is 0 Å². The second-order valence-electron chi connectivity index (χ2n) is 6.48. The van der Waals surface area contributed by atoms with Gasteiger partial charge in [-0.05, 0) is 19.1 Å². The van der Waals surface area contributed by atoms with Crippen molar-refractivity contribution in [1.29, 1.82) is 0 Å². The van der Waals surface area contributed by atoms with E-state index in [-0.39, 0.29) is 5.91 Å². The Balaban J connectivity index is 1.68. The second kappa shape index (κ2) is 6.33. The molecular formula is C19H21N5O2. The van der Waals surface area contributed by atoms with Crippen LogP contribution in [0.25, 0.3) is 10.9 Å². The predicted molar refractivity (Wildman–Crippen MR) is 101 cm³/mol. The number of piperazine rings is 1.